The van der Waals surface area contributed by atoms with E-state index >= 15 is 0 Å². The van der Waals surface area contributed by atoms with E-state index in [1.807, 2.05) is 49.4 Å². The lowest BCUT2D eigenvalue weighted by molar-refractivity contribution is -0.139. The quantitative estimate of drug-likeness (QED) is 0.376. The van der Waals surface area contributed by atoms with Crippen LogP contribution in [0.1, 0.15) is 44.4 Å². The van der Waals surface area contributed by atoms with Gasteiger partial charge in [0.25, 0.3) is 5.56 Å². The maximum absolute atomic E-state index is 13.9. The highest BCUT2D eigenvalue weighted by atomic mass is 79.9. The van der Waals surface area contributed by atoms with E-state index < -0.39 is 12.0 Å². The number of rotatable bonds is 8. The molecule has 1 aliphatic heterocycles. The monoisotopic (exact) mass is 570 g/mol. The summed E-state index contributed by atoms with van der Waals surface area (Å²) in [7, 11) is 1.59. The van der Waals surface area contributed by atoms with Gasteiger partial charge in [-0.15, -0.1) is 0 Å². The molecule has 36 heavy (non-hydrogen) atoms. The van der Waals surface area contributed by atoms with Crippen LogP contribution in [0.2, 0.25) is 0 Å². The number of methoxy groups -OCH3 is 1. The van der Waals surface area contributed by atoms with Gasteiger partial charge in [0.1, 0.15) is 17.5 Å². The van der Waals surface area contributed by atoms with E-state index in [-0.39, 0.29) is 12.2 Å². The van der Waals surface area contributed by atoms with Crippen molar-refractivity contribution in [3.63, 3.8) is 0 Å². The minimum Gasteiger partial charge on any atom is -0.496 e. The van der Waals surface area contributed by atoms with Crippen molar-refractivity contribution in [3.05, 3.63) is 89.0 Å². The second kappa shape index (κ2) is 11.3. The van der Waals surface area contributed by atoms with Crippen molar-refractivity contribution in [2.24, 2.45) is 4.99 Å². The third kappa shape index (κ3) is 5.03. The molecule has 1 aromatic heterocycles. The van der Waals surface area contributed by atoms with E-state index in [1.165, 1.54) is 11.3 Å². The van der Waals surface area contributed by atoms with Crippen LogP contribution in [0.3, 0.4) is 0 Å². The lowest BCUT2D eigenvalue weighted by Gasteiger charge is -2.26. The van der Waals surface area contributed by atoms with Crippen LogP contribution < -0.4 is 24.4 Å². The minimum atomic E-state index is -0.736. The van der Waals surface area contributed by atoms with E-state index in [0.29, 0.717) is 44.3 Å². The Bertz CT molecular complexity index is 1510. The number of fused-ring (bicyclic) bond motifs is 1. The van der Waals surface area contributed by atoms with Crippen molar-refractivity contribution in [2.75, 3.05) is 20.3 Å². The van der Waals surface area contributed by atoms with Gasteiger partial charge in [0.15, 0.2) is 4.80 Å². The van der Waals surface area contributed by atoms with Gasteiger partial charge >= 0.3 is 5.97 Å². The van der Waals surface area contributed by atoms with Crippen LogP contribution in [-0.2, 0) is 9.53 Å². The normalized spacial score (nSPS) is 15.4. The van der Waals surface area contributed by atoms with Gasteiger partial charge in [-0.25, -0.2) is 9.79 Å². The Balaban J connectivity index is 1.98. The van der Waals surface area contributed by atoms with Crippen LogP contribution in [-0.4, -0.2) is 30.9 Å². The van der Waals surface area contributed by atoms with E-state index in [4.69, 9.17) is 14.2 Å². The summed E-state index contributed by atoms with van der Waals surface area (Å²) in [5.74, 6) is 0.753. The largest absolute Gasteiger partial charge is 0.496 e. The first-order valence-corrected chi connectivity index (χ1v) is 13.2. The zero-order chi connectivity index (χ0) is 25.8. The Morgan fingerprint density at radius 2 is 1.97 bits per heavy atom. The summed E-state index contributed by atoms with van der Waals surface area (Å²) in [5, 5.41) is 0. The van der Waals surface area contributed by atoms with E-state index in [0.717, 1.165) is 16.5 Å². The molecule has 0 unspecified atom stereocenters. The number of thiazole rings is 1. The van der Waals surface area contributed by atoms with E-state index in [9.17, 15) is 9.59 Å². The third-order valence-corrected chi connectivity index (χ3v) is 7.15. The van der Waals surface area contributed by atoms with Crippen molar-refractivity contribution in [3.8, 4) is 11.5 Å². The molecule has 0 amide bonds. The van der Waals surface area contributed by atoms with Crippen molar-refractivity contribution >= 4 is 39.3 Å². The topological polar surface area (TPSA) is 79.1 Å². The molecule has 2 heterocycles. The number of benzene rings is 2. The molecule has 7 nitrogen and oxygen atoms in total. The van der Waals surface area contributed by atoms with E-state index in [2.05, 4.69) is 20.9 Å². The molecule has 3 aromatic rings. The number of carbonyl (C=O) groups is 1. The summed E-state index contributed by atoms with van der Waals surface area (Å²) >= 11 is 4.75. The molecule has 9 heteroatoms. The molecule has 2 aromatic carbocycles. The predicted octanol–water partition coefficient (Wildman–Crippen LogP) is 4.36. The number of carbonyl (C=O) groups excluding carboxylic acids is 1. The molecular formula is C27H27BrN2O5S. The Kier molecular flexibility index (Phi) is 8.11. The molecule has 4 rings (SSSR count). The standard InChI is InChI=1S/C27H27BrN2O5S/c1-5-13-35-21-10-8-7-9-19(21)24-23(26(32)34-6-2)16(3)29-27-30(24)25(31)22(36-27)15-17-14-18(28)11-12-20(17)33-4/h7-12,14-15,24H,5-6,13H2,1-4H3/b22-15-/t24-/m1/s1. The van der Waals surface area contributed by atoms with Gasteiger partial charge < -0.3 is 14.2 Å². The van der Waals surface area contributed by atoms with Crippen LogP contribution in [0.5, 0.6) is 11.5 Å². The number of esters is 1. The summed E-state index contributed by atoms with van der Waals surface area (Å²) < 4.78 is 19.8. The smallest absolute Gasteiger partial charge is 0.338 e. The second-order valence-electron chi connectivity index (χ2n) is 8.07. The third-order valence-electron chi connectivity index (χ3n) is 5.67. The fourth-order valence-corrected chi connectivity index (χ4v) is 5.51. The Morgan fingerprint density at radius 3 is 2.69 bits per heavy atom. The Labute approximate surface area is 221 Å². The second-order valence-corrected chi connectivity index (χ2v) is 10.00. The molecule has 0 saturated carbocycles. The van der Waals surface area contributed by atoms with Crippen LogP contribution in [0.4, 0.5) is 0 Å². The van der Waals surface area contributed by atoms with Crippen molar-refractivity contribution in [1.29, 1.82) is 0 Å². The fourth-order valence-electron chi connectivity index (χ4n) is 4.09. The SMILES string of the molecule is CCCOc1ccccc1[C@@H]1C(C(=O)OCC)=C(C)N=c2s/c(=C\c3cc(Br)ccc3OC)c(=O)n21. The van der Waals surface area contributed by atoms with Gasteiger partial charge in [-0.05, 0) is 50.6 Å². The molecule has 0 fully saturated rings. The molecule has 1 aliphatic rings. The average molecular weight is 571 g/mol. The van der Waals surface area contributed by atoms with Gasteiger partial charge in [0.05, 0.1) is 36.1 Å². The zero-order valence-corrected chi connectivity index (χ0v) is 22.9. The summed E-state index contributed by atoms with van der Waals surface area (Å²) in [6.45, 7) is 6.27. The molecule has 0 saturated heterocycles. The van der Waals surface area contributed by atoms with Crippen molar-refractivity contribution in [2.45, 2.75) is 33.2 Å². The fraction of sp³-hybridized carbons (Fsp3) is 0.296. The van der Waals surface area contributed by atoms with Crippen molar-refractivity contribution < 1.29 is 19.0 Å². The van der Waals surface area contributed by atoms with Crippen LogP contribution in [0, 0.1) is 0 Å². The lowest BCUT2D eigenvalue weighted by Crippen LogP contribution is -2.40. The average Bonchev–Trinajstić information content (AvgIpc) is 3.16. The number of hydrogen-bond acceptors (Lipinski definition) is 7. The summed E-state index contributed by atoms with van der Waals surface area (Å²) in [6.07, 6.45) is 2.61. The first kappa shape index (κ1) is 25.9. The summed E-state index contributed by atoms with van der Waals surface area (Å²) in [4.78, 5) is 32.1. The number of aromatic nitrogens is 1. The van der Waals surface area contributed by atoms with Crippen molar-refractivity contribution in [1.82, 2.24) is 4.57 Å². The maximum atomic E-state index is 13.9. The number of halogens is 1. The van der Waals surface area contributed by atoms with Crippen LogP contribution in [0.15, 0.2) is 68.0 Å². The van der Waals surface area contributed by atoms with Gasteiger partial charge in [-0.3, -0.25) is 9.36 Å². The highest BCUT2D eigenvalue weighted by Crippen LogP contribution is 2.36. The first-order valence-electron chi connectivity index (χ1n) is 11.6. The van der Waals surface area contributed by atoms with E-state index in [1.54, 1.807) is 31.6 Å². The first-order chi connectivity index (χ1) is 17.4. The Hall–Kier alpha value is -3.17. The predicted molar refractivity (Wildman–Crippen MR) is 143 cm³/mol. The molecule has 0 aliphatic carbocycles. The van der Waals surface area contributed by atoms with Gasteiger partial charge in [0.2, 0.25) is 0 Å². The van der Waals surface area contributed by atoms with Crippen LogP contribution in [0.25, 0.3) is 6.08 Å². The number of para-hydroxylation sites is 1. The maximum Gasteiger partial charge on any atom is 0.338 e. The van der Waals surface area contributed by atoms with Gasteiger partial charge in [-0.1, -0.05) is 52.4 Å². The zero-order valence-electron chi connectivity index (χ0n) is 20.5. The highest BCUT2D eigenvalue weighted by Gasteiger charge is 2.35. The molecule has 0 N–H and O–H groups in total. The number of allylic oxidation sites excluding steroid dienone is 1. The Morgan fingerprint density at radius 1 is 1.19 bits per heavy atom. The van der Waals surface area contributed by atoms with Gasteiger partial charge in [0, 0.05) is 15.6 Å². The summed E-state index contributed by atoms with van der Waals surface area (Å²) in [5.41, 5.74) is 2.03. The molecule has 1 atom stereocenters. The molecule has 188 valence electrons. The minimum absolute atomic E-state index is 0.212. The molecule has 0 radical (unpaired) electrons. The van der Waals surface area contributed by atoms with Gasteiger partial charge in [-0.2, -0.15) is 0 Å². The molecule has 0 bridgehead atoms. The lowest BCUT2D eigenvalue weighted by atomic mass is 9.95. The molecule has 0 spiro atoms. The summed E-state index contributed by atoms with van der Waals surface area (Å²) in [6, 6.07) is 12.3. The number of hydrogen-bond donors (Lipinski definition) is 0. The number of ether oxygens (including phenoxy) is 3. The van der Waals surface area contributed by atoms with Crippen LogP contribution >= 0.6 is 27.3 Å². The highest BCUT2D eigenvalue weighted by molar-refractivity contribution is 9.10. The molecular weight excluding hydrogens is 544 g/mol. The number of nitrogens with zero attached hydrogens (tertiary/aromatic N) is 2.